The number of carboxylic acids is 2. The maximum Gasteiger partial charge on any atom is 0.332 e. The zero-order chi connectivity index (χ0) is 43.4. The second-order valence-corrected chi connectivity index (χ2v) is 22.9. The minimum Gasteiger partial charge on any atom is -0.478 e. The van der Waals surface area contributed by atoms with Gasteiger partial charge in [-0.2, -0.15) is 0 Å². The number of ketones is 2. The zero-order valence-corrected chi connectivity index (χ0v) is 39.7. The van der Waals surface area contributed by atoms with Gasteiger partial charge in [0.05, 0.1) is 0 Å². The van der Waals surface area contributed by atoms with Gasteiger partial charge >= 0.3 is 11.9 Å². The molecule has 8 aliphatic rings. The van der Waals surface area contributed by atoms with E-state index in [1.165, 1.54) is 57.7 Å². The lowest BCUT2D eigenvalue weighted by Gasteiger charge is -2.38. The van der Waals surface area contributed by atoms with Gasteiger partial charge < -0.3 is 10.2 Å². The summed E-state index contributed by atoms with van der Waals surface area (Å²) < 4.78 is 0. The number of aryl methyl sites for hydroxylation is 2. The van der Waals surface area contributed by atoms with Crippen LogP contribution in [0.25, 0.3) is 21.1 Å². The Labute approximate surface area is 381 Å². The first kappa shape index (κ1) is 43.7. The van der Waals surface area contributed by atoms with E-state index >= 15 is 0 Å². The molecule has 0 amide bonds. The SMILES string of the molecule is CC[C@@H]1CCc2c(sc(CC(=O)C3=C(C(=O)O)C4CCC3CC4)c2-c2nc(C)cs2)C1.CC[C@H]1CCc2c(sc(CC(=O)C3=C(C(=O)O)C4CCC3CC4)c2-c2nc(C)cs2)C1. The minimum atomic E-state index is -0.884. The molecule has 2 N–H and O–H groups in total. The molecular weight excluding hydrogens is 853 g/mol. The summed E-state index contributed by atoms with van der Waals surface area (Å²) in [7, 11) is 0. The molecule has 12 heteroatoms. The van der Waals surface area contributed by atoms with Crippen LogP contribution < -0.4 is 0 Å². The maximum absolute atomic E-state index is 13.6. The number of thiazole rings is 2. The van der Waals surface area contributed by atoms with Gasteiger partial charge in [-0.15, -0.1) is 45.3 Å². The van der Waals surface area contributed by atoms with E-state index in [2.05, 4.69) is 24.6 Å². The lowest BCUT2D eigenvalue weighted by molar-refractivity contribution is -0.135. The molecule has 0 radical (unpaired) electrons. The van der Waals surface area contributed by atoms with Crippen molar-refractivity contribution in [1.82, 2.24) is 9.97 Å². The number of fused-ring (bicyclic) bond motifs is 6. The predicted molar refractivity (Wildman–Crippen MR) is 250 cm³/mol. The van der Waals surface area contributed by atoms with Crippen molar-refractivity contribution in [1.29, 1.82) is 0 Å². The largest absolute Gasteiger partial charge is 0.478 e. The molecule has 2 atom stereocenters. The zero-order valence-electron chi connectivity index (χ0n) is 36.4. The molecule has 0 unspecified atom stereocenters. The van der Waals surface area contributed by atoms with Crippen molar-refractivity contribution >= 4 is 68.9 Å². The van der Waals surface area contributed by atoms with E-state index in [-0.39, 0.29) is 35.2 Å². The molecule has 62 heavy (non-hydrogen) atoms. The van der Waals surface area contributed by atoms with E-state index in [0.717, 1.165) is 120 Å². The van der Waals surface area contributed by atoms with Crippen molar-refractivity contribution in [3.05, 3.63) is 75.1 Å². The highest BCUT2D eigenvalue weighted by atomic mass is 32.1. The van der Waals surface area contributed by atoms with Crippen LogP contribution in [-0.2, 0) is 57.7 Å². The standard InChI is InChI=1S/2C25H29NO3S2/c2*1-3-14-4-9-17-19(10-14)31-20(23(17)24-26-13(2)12-30-24)11-18(27)21-15-5-7-16(8-6-15)22(21)25(28)29/h2*12,14-16H,3-11H2,1-2H3,(H,28,29)/t2*14-,15?,16?/m10/s1. The summed E-state index contributed by atoms with van der Waals surface area (Å²) in [6, 6.07) is 0. The van der Waals surface area contributed by atoms with E-state index < -0.39 is 11.9 Å². The first-order chi connectivity index (χ1) is 29.9. The Balaban J connectivity index is 0.000000158. The highest BCUT2D eigenvalue weighted by Crippen LogP contribution is 2.50. The lowest BCUT2D eigenvalue weighted by atomic mass is 9.65. The van der Waals surface area contributed by atoms with Crippen LogP contribution in [0.15, 0.2) is 33.1 Å². The molecule has 8 aliphatic carbocycles. The van der Waals surface area contributed by atoms with E-state index in [9.17, 15) is 29.4 Å². The van der Waals surface area contributed by atoms with Crippen LogP contribution in [0.1, 0.15) is 133 Å². The van der Waals surface area contributed by atoms with Crippen LogP contribution in [0.4, 0.5) is 0 Å². The van der Waals surface area contributed by atoms with Crippen molar-refractivity contribution < 1.29 is 29.4 Å². The molecule has 2 fully saturated rings. The average molecular weight is 911 g/mol. The lowest BCUT2D eigenvalue weighted by Crippen LogP contribution is -2.34. The topological polar surface area (TPSA) is 135 Å². The highest BCUT2D eigenvalue weighted by molar-refractivity contribution is 7.16. The number of carboxylic acid groups (broad SMARTS) is 2. The van der Waals surface area contributed by atoms with Crippen LogP contribution in [-0.4, -0.2) is 43.7 Å². The number of thiophene rings is 2. The minimum absolute atomic E-state index is 0.0342. The second kappa shape index (κ2) is 18.1. The van der Waals surface area contributed by atoms with Gasteiger partial charge in [-0.05, 0) is 150 Å². The van der Waals surface area contributed by atoms with Crippen molar-refractivity contribution in [2.75, 3.05) is 0 Å². The molecular formula is C50H58N2O6S4. The molecule has 0 aliphatic heterocycles. The maximum atomic E-state index is 13.6. The molecule has 0 aromatic carbocycles. The number of aromatic nitrogens is 2. The summed E-state index contributed by atoms with van der Waals surface area (Å²) in [4.78, 5) is 65.7. The fourth-order valence-corrected chi connectivity index (χ4v) is 16.7. The highest BCUT2D eigenvalue weighted by Gasteiger charge is 2.43. The third kappa shape index (κ3) is 8.31. The summed E-state index contributed by atoms with van der Waals surface area (Å²) in [5.74, 6) is 0.121. The van der Waals surface area contributed by atoms with Crippen LogP contribution in [0.2, 0.25) is 0 Å². The molecule has 4 aromatic heterocycles. The summed E-state index contributed by atoms with van der Waals surface area (Å²) >= 11 is 6.88. The van der Waals surface area contributed by atoms with Gasteiger partial charge in [-0.1, -0.05) is 26.7 Å². The van der Waals surface area contributed by atoms with E-state index in [0.29, 0.717) is 35.1 Å². The van der Waals surface area contributed by atoms with Gasteiger partial charge in [0, 0.05) is 87.9 Å². The van der Waals surface area contributed by atoms with Crippen LogP contribution >= 0.6 is 45.3 Å². The molecule has 4 heterocycles. The number of allylic oxidation sites excluding steroid dienone is 2. The van der Waals surface area contributed by atoms with Gasteiger partial charge in [0.1, 0.15) is 10.0 Å². The smallest absolute Gasteiger partial charge is 0.332 e. The molecule has 2 saturated carbocycles. The number of rotatable bonds is 12. The Bertz CT molecular complexity index is 2310. The van der Waals surface area contributed by atoms with Crippen molar-refractivity contribution in [3.8, 4) is 21.1 Å². The number of hydrogen-bond acceptors (Lipinski definition) is 10. The van der Waals surface area contributed by atoms with E-state index in [1.54, 1.807) is 45.3 Å². The quantitative estimate of drug-likeness (QED) is 0.143. The number of carbonyl (C=O) groups is 4. The average Bonchev–Trinajstić information content (AvgIpc) is 4.07. The fourth-order valence-electron chi connectivity index (χ4n) is 11.8. The molecule has 328 valence electrons. The van der Waals surface area contributed by atoms with Gasteiger partial charge in [0.15, 0.2) is 11.6 Å². The number of nitrogens with zero attached hydrogens (tertiary/aromatic N) is 2. The third-order valence-electron chi connectivity index (χ3n) is 15.1. The first-order valence-corrected chi connectivity index (χ1v) is 26.4. The van der Waals surface area contributed by atoms with Crippen LogP contribution in [0, 0.1) is 49.4 Å². The summed E-state index contributed by atoms with van der Waals surface area (Å²) in [6.07, 6.45) is 17.2. The Morgan fingerprint density at radius 1 is 0.565 bits per heavy atom. The Morgan fingerprint density at radius 3 is 1.23 bits per heavy atom. The van der Waals surface area contributed by atoms with Crippen molar-refractivity contribution in [2.24, 2.45) is 35.5 Å². The number of carbonyl (C=O) groups excluding carboxylic acids is 2. The summed E-state index contributed by atoms with van der Waals surface area (Å²) in [6.45, 7) is 8.55. The van der Waals surface area contributed by atoms with Crippen molar-refractivity contribution in [3.63, 3.8) is 0 Å². The monoisotopic (exact) mass is 910 g/mol. The van der Waals surface area contributed by atoms with Gasteiger partial charge in [0.25, 0.3) is 0 Å². The third-order valence-corrected chi connectivity index (χ3v) is 19.5. The van der Waals surface area contributed by atoms with Gasteiger partial charge in [-0.3, -0.25) is 9.59 Å². The van der Waals surface area contributed by atoms with Crippen LogP contribution in [0.5, 0.6) is 0 Å². The molecule has 4 bridgehead atoms. The van der Waals surface area contributed by atoms with Crippen LogP contribution in [0.3, 0.4) is 0 Å². The fraction of sp³-hybridized carbons (Fsp3) is 0.560. The Kier molecular flexibility index (Phi) is 12.8. The molecule has 0 spiro atoms. The van der Waals surface area contributed by atoms with E-state index in [1.807, 2.05) is 13.8 Å². The molecule has 4 aromatic rings. The molecule has 8 nitrogen and oxygen atoms in total. The number of Topliss-reactive ketones (excluding diaryl/α,β-unsaturated/α-hetero) is 2. The number of aliphatic carboxylic acids is 2. The first-order valence-electron chi connectivity index (χ1n) is 23.0. The molecule has 12 rings (SSSR count). The summed E-state index contributed by atoms with van der Waals surface area (Å²) in [5.41, 5.74) is 9.29. The summed E-state index contributed by atoms with van der Waals surface area (Å²) in [5, 5.41) is 25.9. The van der Waals surface area contributed by atoms with Crippen molar-refractivity contribution in [2.45, 2.75) is 143 Å². The van der Waals surface area contributed by atoms with Gasteiger partial charge in [-0.25, -0.2) is 19.6 Å². The Hall–Kier alpha value is -3.58. The second-order valence-electron chi connectivity index (χ2n) is 18.8. The number of hydrogen-bond donors (Lipinski definition) is 2. The molecule has 0 saturated heterocycles. The van der Waals surface area contributed by atoms with E-state index in [4.69, 9.17) is 9.97 Å². The Morgan fingerprint density at radius 2 is 0.919 bits per heavy atom. The van der Waals surface area contributed by atoms with Gasteiger partial charge in [0.2, 0.25) is 0 Å². The normalized spacial score (nSPS) is 25.0. The predicted octanol–water partition coefficient (Wildman–Crippen LogP) is 12.0.